The summed E-state index contributed by atoms with van der Waals surface area (Å²) in [5, 5.41) is 18.4. The van der Waals surface area contributed by atoms with E-state index in [0.29, 0.717) is 5.56 Å². The molecular weight excluding hydrogens is 471 g/mol. The van der Waals surface area contributed by atoms with Crippen molar-refractivity contribution < 1.29 is 31.7 Å². The lowest BCUT2D eigenvalue weighted by atomic mass is 9.98. The van der Waals surface area contributed by atoms with E-state index in [1.54, 1.807) is 0 Å². The van der Waals surface area contributed by atoms with E-state index in [9.17, 15) is 27.7 Å². The fourth-order valence-corrected chi connectivity index (χ4v) is 4.96. The molecule has 0 N–H and O–H groups in total. The number of carbonyl (C=O) groups is 1. The van der Waals surface area contributed by atoms with Crippen molar-refractivity contribution >= 4 is 21.7 Å². The van der Waals surface area contributed by atoms with Gasteiger partial charge in [0, 0.05) is 30.8 Å². The van der Waals surface area contributed by atoms with Gasteiger partial charge in [0.15, 0.2) is 6.61 Å². The van der Waals surface area contributed by atoms with Crippen LogP contribution in [0.1, 0.15) is 18.7 Å². The minimum atomic E-state index is -3.77. The molecule has 0 saturated carbocycles. The third kappa shape index (κ3) is 5.10. The van der Waals surface area contributed by atoms with Crippen molar-refractivity contribution in [1.29, 1.82) is 0 Å². The number of carbonyl (C=O) groups excluding carboxylic acids is 1. The minimum absolute atomic E-state index is 0.00449. The molecule has 0 amide bonds. The summed E-state index contributed by atoms with van der Waals surface area (Å²) in [4.78, 5) is 22.6. The number of esters is 1. The standard InChI is InChI=1S/C21H19FN4O7S/c22-16-3-7-18(8-4-16)34(30,31)25-11-9-15(10-12-25)21(27)32-13-19-23-24-20(33-19)14-1-5-17(6-2-14)26(28)29/h1-8,15H,9-13H2. The first kappa shape index (κ1) is 23.4. The predicted molar refractivity (Wildman–Crippen MR) is 114 cm³/mol. The quantitative estimate of drug-likeness (QED) is 0.277. The van der Waals surface area contributed by atoms with Gasteiger partial charge in [0.2, 0.25) is 15.9 Å². The molecule has 0 atom stereocenters. The Kier molecular flexibility index (Phi) is 6.65. The number of sulfonamides is 1. The van der Waals surface area contributed by atoms with Gasteiger partial charge in [-0.1, -0.05) is 0 Å². The number of benzene rings is 2. The SMILES string of the molecule is O=C(OCc1nnc(-c2ccc([N+](=O)[O-])cc2)o1)C1CCN(S(=O)(=O)c2ccc(F)cc2)CC1. The second kappa shape index (κ2) is 9.65. The molecule has 34 heavy (non-hydrogen) atoms. The molecule has 13 heteroatoms. The second-order valence-electron chi connectivity index (χ2n) is 7.54. The number of hydrogen-bond donors (Lipinski definition) is 0. The maximum absolute atomic E-state index is 13.1. The van der Waals surface area contributed by atoms with E-state index >= 15 is 0 Å². The lowest BCUT2D eigenvalue weighted by molar-refractivity contribution is -0.384. The molecule has 2 heterocycles. The number of nitro groups is 1. The Labute approximate surface area is 193 Å². The normalized spacial score (nSPS) is 15.2. The third-order valence-electron chi connectivity index (χ3n) is 5.37. The zero-order valence-electron chi connectivity index (χ0n) is 17.7. The minimum Gasteiger partial charge on any atom is -0.455 e. The number of hydrogen-bond acceptors (Lipinski definition) is 9. The molecule has 1 saturated heterocycles. The molecule has 178 valence electrons. The topological polar surface area (TPSA) is 146 Å². The summed E-state index contributed by atoms with van der Waals surface area (Å²) in [5.74, 6) is -1.34. The number of piperidine rings is 1. The van der Waals surface area contributed by atoms with Crippen LogP contribution in [0.2, 0.25) is 0 Å². The Morgan fingerprint density at radius 2 is 1.76 bits per heavy atom. The van der Waals surface area contributed by atoms with Gasteiger partial charge in [-0.15, -0.1) is 10.2 Å². The maximum Gasteiger partial charge on any atom is 0.309 e. The molecule has 4 rings (SSSR count). The Morgan fingerprint density at radius 3 is 2.38 bits per heavy atom. The Balaban J connectivity index is 1.29. The van der Waals surface area contributed by atoms with Crippen molar-refractivity contribution in [1.82, 2.24) is 14.5 Å². The van der Waals surface area contributed by atoms with Crippen LogP contribution in [0.4, 0.5) is 10.1 Å². The van der Waals surface area contributed by atoms with E-state index in [1.807, 2.05) is 0 Å². The molecule has 0 unspecified atom stereocenters. The number of nitrogens with zero attached hydrogens (tertiary/aromatic N) is 4. The average Bonchev–Trinajstić information content (AvgIpc) is 3.32. The number of halogens is 1. The summed E-state index contributed by atoms with van der Waals surface area (Å²) in [6.45, 7) is 0.00155. The van der Waals surface area contributed by atoms with Crippen LogP contribution in [-0.2, 0) is 26.2 Å². The first-order valence-electron chi connectivity index (χ1n) is 10.2. The molecule has 11 nitrogen and oxygen atoms in total. The van der Waals surface area contributed by atoms with E-state index in [-0.39, 0.29) is 54.9 Å². The van der Waals surface area contributed by atoms with Gasteiger partial charge in [0.25, 0.3) is 11.6 Å². The molecule has 3 aromatic rings. The summed E-state index contributed by atoms with van der Waals surface area (Å²) in [5.41, 5.74) is 0.402. The van der Waals surface area contributed by atoms with Crippen LogP contribution in [0.15, 0.2) is 57.8 Å². The number of ether oxygens (including phenoxy) is 1. The fraction of sp³-hybridized carbons (Fsp3) is 0.286. The lowest BCUT2D eigenvalue weighted by Crippen LogP contribution is -2.40. The van der Waals surface area contributed by atoms with Crippen LogP contribution in [0.5, 0.6) is 0 Å². The molecule has 1 aliphatic rings. The largest absolute Gasteiger partial charge is 0.455 e. The summed E-state index contributed by atoms with van der Waals surface area (Å²) < 4.78 is 50.4. The molecule has 0 bridgehead atoms. The molecule has 1 aromatic heterocycles. The van der Waals surface area contributed by atoms with E-state index in [2.05, 4.69) is 10.2 Å². The van der Waals surface area contributed by atoms with Gasteiger partial charge in [0.1, 0.15) is 5.82 Å². The third-order valence-corrected chi connectivity index (χ3v) is 7.28. The van der Waals surface area contributed by atoms with Crippen LogP contribution >= 0.6 is 0 Å². The number of aromatic nitrogens is 2. The van der Waals surface area contributed by atoms with Crippen molar-refractivity contribution in [3.63, 3.8) is 0 Å². The smallest absolute Gasteiger partial charge is 0.309 e. The first-order valence-corrected chi connectivity index (χ1v) is 11.7. The number of rotatable bonds is 7. The highest BCUT2D eigenvalue weighted by Crippen LogP contribution is 2.26. The molecular formula is C21H19FN4O7S. The zero-order chi connectivity index (χ0) is 24.3. The van der Waals surface area contributed by atoms with Crippen molar-refractivity contribution in [3.8, 4) is 11.5 Å². The van der Waals surface area contributed by atoms with Gasteiger partial charge >= 0.3 is 5.97 Å². The average molecular weight is 490 g/mol. The van der Waals surface area contributed by atoms with Crippen LogP contribution in [0.25, 0.3) is 11.5 Å². The first-order chi connectivity index (χ1) is 16.2. The Bertz CT molecular complexity index is 1290. The lowest BCUT2D eigenvalue weighted by Gasteiger charge is -2.30. The molecule has 2 aromatic carbocycles. The van der Waals surface area contributed by atoms with Crippen LogP contribution < -0.4 is 0 Å². The second-order valence-corrected chi connectivity index (χ2v) is 9.48. The molecule has 0 radical (unpaired) electrons. The van der Waals surface area contributed by atoms with Gasteiger partial charge in [-0.3, -0.25) is 14.9 Å². The van der Waals surface area contributed by atoms with Crippen molar-refractivity contribution in [2.75, 3.05) is 13.1 Å². The zero-order valence-corrected chi connectivity index (χ0v) is 18.5. The van der Waals surface area contributed by atoms with Gasteiger partial charge in [-0.2, -0.15) is 4.31 Å². The molecule has 0 aliphatic carbocycles. The monoisotopic (exact) mass is 490 g/mol. The predicted octanol–water partition coefficient (Wildman–Crippen LogP) is 2.93. The van der Waals surface area contributed by atoms with E-state index < -0.39 is 32.7 Å². The van der Waals surface area contributed by atoms with E-state index in [4.69, 9.17) is 9.15 Å². The van der Waals surface area contributed by atoms with Crippen LogP contribution in [0.3, 0.4) is 0 Å². The summed E-state index contributed by atoms with van der Waals surface area (Å²) in [6, 6.07) is 10.1. The van der Waals surface area contributed by atoms with Gasteiger partial charge in [-0.05, 0) is 49.2 Å². The van der Waals surface area contributed by atoms with E-state index in [0.717, 1.165) is 12.1 Å². The summed E-state index contributed by atoms with van der Waals surface area (Å²) in [6.07, 6.45) is 0.550. The van der Waals surface area contributed by atoms with Crippen molar-refractivity contribution in [3.05, 3.63) is 70.4 Å². The summed E-state index contributed by atoms with van der Waals surface area (Å²) >= 11 is 0. The van der Waals surface area contributed by atoms with Crippen LogP contribution in [0, 0.1) is 21.8 Å². The molecule has 1 fully saturated rings. The van der Waals surface area contributed by atoms with Gasteiger partial charge < -0.3 is 9.15 Å². The van der Waals surface area contributed by atoms with E-state index in [1.165, 1.54) is 40.7 Å². The van der Waals surface area contributed by atoms with Gasteiger partial charge in [-0.25, -0.2) is 12.8 Å². The van der Waals surface area contributed by atoms with Crippen molar-refractivity contribution in [2.24, 2.45) is 5.92 Å². The summed E-state index contributed by atoms with van der Waals surface area (Å²) in [7, 11) is -3.77. The maximum atomic E-state index is 13.1. The Morgan fingerprint density at radius 1 is 1.12 bits per heavy atom. The van der Waals surface area contributed by atoms with Crippen molar-refractivity contribution in [2.45, 2.75) is 24.3 Å². The fourth-order valence-electron chi connectivity index (χ4n) is 3.49. The number of nitro benzene ring substituents is 1. The highest BCUT2D eigenvalue weighted by molar-refractivity contribution is 7.89. The highest BCUT2D eigenvalue weighted by Gasteiger charge is 2.33. The highest BCUT2D eigenvalue weighted by atomic mass is 32.2. The van der Waals surface area contributed by atoms with Crippen LogP contribution in [-0.4, -0.2) is 46.9 Å². The number of non-ortho nitro benzene ring substituents is 1. The molecule has 0 spiro atoms. The Hall–Kier alpha value is -3.71. The van der Waals surface area contributed by atoms with Gasteiger partial charge in [0.05, 0.1) is 15.7 Å². The molecule has 1 aliphatic heterocycles.